The van der Waals surface area contributed by atoms with Gasteiger partial charge in [-0.3, -0.25) is 14.9 Å². The molecule has 0 atom stereocenters. The largest absolute Gasteiger partial charge is 0.305 e. The second-order valence-electron chi connectivity index (χ2n) is 3.58. The minimum Gasteiger partial charge on any atom is -0.305 e. The Hall–Kier alpha value is -2.17. The highest BCUT2D eigenvalue weighted by Gasteiger charge is 2.07. The fraction of sp³-hybridized carbons (Fsp3) is 0.182. The molecule has 5 heteroatoms. The summed E-state index contributed by atoms with van der Waals surface area (Å²) in [4.78, 5) is 15.8. The topological polar surface area (TPSA) is 70.7 Å². The van der Waals surface area contributed by atoms with E-state index >= 15 is 0 Å². The molecule has 0 radical (unpaired) electrons. The molecule has 2 N–H and O–H groups in total. The first-order chi connectivity index (χ1) is 7.65. The Morgan fingerprint density at radius 2 is 2.19 bits per heavy atom. The first-order valence-electron chi connectivity index (χ1n) is 4.91. The third-order valence-corrected chi connectivity index (χ3v) is 2.11. The first kappa shape index (κ1) is 10.4. The zero-order valence-electron chi connectivity index (χ0n) is 9.11. The number of pyridine rings is 1. The molecular formula is C11H12N4O. The summed E-state index contributed by atoms with van der Waals surface area (Å²) in [6.45, 7) is 3.72. The van der Waals surface area contributed by atoms with Crippen molar-refractivity contribution in [1.29, 1.82) is 0 Å². The van der Waals surface area contributed by atoms with Crippen molar-refractivity contribution in [3.05, 3.63) is 41.3 Å². The molecule has 0 bridgehead atoms. The maximum atomic E-state index is 11.8. The van der Waals surface area contributed by atoms with Gasteiger partial charge in [0.25, 0.3) is 5.91 Å². The van der Waals surface area contributed by atoms with Crippen molar-refractivity contribution < 1.29 is 4.79 Å². The minimum atomic E-state index is -0.183. The third kappa shape index (κ3) is 2.25. The van der Waals surface area contributed by atoms with Crippen LogP contribution in [-0.4, -0.2) is 21.1 Å². The van der Waals surface area contributed by atoms with Crippen LogP contribution >= 0.6 is 0 Å². The van der Waals surface area contributed by atoms with E-state index in [9.17, 15) is 4.79 Å². The van der Waals surface area contributed by atoms with E-state index in [0.29, 0.717) is 11.4 Å². The summed E-state index contributed by atoms with van der Waals surface area (Å²) in [6.07, 6.45) is 1.61. The molecule has 0 aliphatic rings. The molecule has 1 amide bonds. The third-order valence-electron chi connectivity index (χ3n) is 2.11. The van der Waals surface area contributed by atoms with Crippen molar-refractivity contribution in [1.82, 2.24) is 15.2 Å². The number of nitrogens with zero attached hydrogens (tertiary/aromatic N) is 2. The van der Waals surface area contributed by atoms with Gasteiger partial charge in [-0.05, 0) is 26.0 Å². The molecule has 2 aromatic heterocycles. The van der Waals surface area contributed by atoms with Gasteiger partial charge in [0.2, 0.25) is 0 Å². The number of H-pyrrole nitrogens is 1. The summed E-state index contributed by atoms with van der Waals surface area (Å²) in [5.41, 5.74) is 2.29. The van der Waals surface area contributed by atoms with E-state index in [-0.39, 0.29) is 5.91 Å². The summed E-state index contributed by atoms with van der Waals surface area (Å²) < 4.78 is 0. The Labute approximate surface area is 92.9 Å². The molecule has 2 heterocycles. The Balaban J connectivity index is 2.14. The zero-order valence-corrected chi connectivity index (χ0v) is 9.11. The number of carbonyl (C=O) groups is 1. The van der Waals surface area contributed by atoms with Gasteiger partial charge in [-0.2, -0.15) is 5.10 Å². The highest BCUT2D eigenvalue weighted by Crippen LogP contribution is 2.07. The molecule has 0 aromatic carbocycles. The van der Waals surface area contributed by atoms with E-state index in [1.807, 2.05) is 13.8 Å². The smallest absolute Gasteiger partial charge is 0.256 e. The molecule has 0 aliphatic heterocycles. The lowest BCUT2D eigenvalue weighted by atomic mass is 10.2. The zero-order chi connectivity index (χ0) is 11.5. The van der Waals surface area contributed by atoms with Crippen molar-refractivity contribution in [2.24, 2.45) is 0 Å². The van der Waals surface area contributed by atoms with E-state index in [1.165, 1.54) is 0 Å². The predicted molar refractivity (Wildman–Crippen MR) is 60.3 cm³/mol. The average Bonchev–Trinajstić information content (AvgIpc) is 2.64. The highest BCUT2D eigenvalue weighted by molar-refractivity contribution is 6.03. The number of aromatic nitrogens is 3. The van der Waals surface area contributed by atoms with Crippen molar-refractivity contribution in [2.75, 3.05) is 5.32 Å². The summed E-state index contributed by atoms with van der Waals surface area (Å²) in [5, 5.41) is 9.39. The van der Waals surface area contributed by atoms with Gasteiger partial charge in [0.15, 0.2) is 5.82 Å². The van der Waals surface area contributed by atoms with Crippen LogP contribution in [-0.2, 0) is 0 Å². The molecular weight excluding hydrogens is 204 g/mol. The lowest BCUT2D eigenvalue weighted by molar-refractivity contribution is 0.102. The number of amides is 1. The molecule has 5 nitrogen and oxygen atoms in total. The molecule has 0 saturated carbocycles. The van der Waals surface area contributed by atoms with Crippen LogP contribution in [0.25, 0.3) is 0 Å². The number of aryl methyl sites for hydroxylation is 2. The number of nitrogens with one attached hydrogen (secondary N) is 2. The molecule has 0 spiro atoms. The van der Waals surface area contributed by atoms with E-state index in [0.717, 1.165) is 11.4 Å². The molecule has 2 aromatic rings. The highest BCUT2D eigenvalue weighted by atomic mass is 16.1. The lowest BCUT2D eigenvalue weighted by Crippen LogP contribution is -2.12. The van der Waals surface area contributed by atoms with Crippen LogP contribution in [0.15, 0.2) is 24.4 Å². The van der Waals surface area contributed by atoms with Gasteiger partial charge < -0.3 is 5.32 Å². The Morgan fingerprint density at radius 3 is 2.81 bits per heavy atom. The van der Waals surface area contributed by atoms with Crippen LogP contribution in [0.5, 0.6) is 0 Å². The quantitative estimate of drug-likeness (QED) is 0.802. The Morgan fingerprint density at radius 1 is 1.38 bits per heavy atom. The van der Waals surface area contributed by atoms with Crippen LogP contribution in [0.1, 0.15) is 21.7 Å². The average molecular weight is 216 g/mol. The summed E-state index contributed by atoms with van der Waals surface area (Å²) in [6, 6.07) is 5.17. The van der Waals surface area contributed by atoms with E-state index in [2.05, 4.69) is 20.5 Å². The van der Waals surface area contributed by atoms with Gasteiger partial charge in [-0.1, -0.05) is 0 Å². The van der Waals surface area contributed by atoms with Gasteiger partial charge in [0, 0.05) is 29.2 Å². The van der Waals surface area contributed by atoms with Crippen molar-refractivity contribution >= 4 is 11.7 Å². The second kappa shape index (κ2) is 4.14. The Bertz CT molecular complexity index is 518. The molecule has 82 valence electrons. The maximum Gasteiger partial charge on any atom is 0.256 e. The van der Waals surface area contributed by atoms with Crippen LogP contribution in [0.3, 0.4) is 0 Å². The van der Waals surface area contributed by atoms with E-state index in [4.69, 9.17) is 0 Å². The molecule has 0 unspecified atom stereocenters. The maximum absolute atomic E-state index is 11.8. The summed E-state index contributed by atoms with van der Waals surface area (Å²) in [5.74, 6) is 0.342. The van der Waals surface area contributed by atoms with Crippen molar-refractivity contribution in [3.8, 4) is 0 Å². The number of carbonyl (C=O) groups excluding carboxylic acids is 1. The molecule has 0 aliphatic carbocycles. The molecule has 0 saturated heterocycles. The minimum absolute atomic E-state index is 0.183. The fourth-order valence-corrected chi connectivity index (χ4v) is 1.36. The molecule has 2 rings (SSSR count). The normalized spacial score (nSPS) is 10.1. The van der Waals surface area contributed by atoms with Gasteiger partial charge in [0.1, 0.15) is 0 Å². The Kier molecular flexibility index (Phi) is 2.68. The van der Waals surface area contributed by atoms with Gasteiger partial charge in [-0.25, -0.2) is 0 Å². The first-order valence-corrected chi connectivity index (χ1v) is 4.91. The number of rotatable bonds is 2. The van der Waals surface area contributed by atoms with Crippen LogP contribution < -0.4 is 5.32 Å². The fourth-order valence-electron chi connectivity index (χ4n) is 1.36. The summed E-state index contributed by atoms with van der Waals surface area (Å²) >= 11 is 0. The monoisotopic (exact) mass is 216 g/mol. The van der Waals surface area contributed by atoms with E-state index < -0.39 is 0 Å². The lowest BCUT2D eigenvalue weighted by Gasteiger charge is -2.01. The summed E-state index contributed by atoms with van der Waals surface area (Å²) in [7, 11) is 0. The molecule has 16 heavy (non-hydrogen) atoms. The predicted octanol–water partition coefficient (Wildman–Crippen LogP) is 1.67. The second-order valence-corrected chi connectivity index (χ2v) is 3.58. The number of hydrogen-bond acceptors (Lipinski definition) is 3. The van der Waals surface area contributed by atoms with Crippen LogP contribution in [0, 0.1) is 13.8 Å². The number of hydrogen-bond donors (Lipinski definition) is 2. The van der Waals surface area contributed by atoms with E-state index in [1.54, 1.807) is 24.4 Å². The van der Waals surface area contributed by atoms with Gasteiger partial charge in [-0.15, -0.1) is 0 Å². The molecule has 0 fully saturated rings. The van der Waals surface area contributed by atoms with Crippen LogP contribution in [0.4, 0.5) is 5.82 Å². The standard InChI is InChI=1S/C11H12N4O/c1-7-5-9(3-4-12-7)11(16)13-10-6-8(2)14-15-10/h3-6H,1-2H3,(H2,13,14,15,16). The van der Waals surface area contributed by atoms with Gasteiger partial charge in [0.05, 0.1) is 0 Å². The number of anilines is 1. The van der Waals surface area contributed by atoms with Crippen molar-refractivity contribution in [2.45, 2.75) is 13.8 Å². The van der Waals surface area contributed by atoms with Gasteiger partial charge >= 0.3 is 0 Å². The SMILES string of the molecule is Cc1cc(C(=O)Nc2cc(C)[nH]n2)ccn1. The van der Waals surface area contributed by atoms with Crippen LogP contribution in [0.2, 0.25) is 0 Å². The van der Waals surface area contributed by atoms with Crippen molar-refractivity contribution in [3.63, 3.8) is 0 Å². The number of aromatic amines is 1.